The van der Waals surface area contributed by atoms with Gasteiger partial charge in [-0.15, -0.1) is 0 Å². The number of allylic oxidation sites excluding steroid dienone is 3. The van der Waals surface area contributed by atoms with E-state index in [2.05, 4.69) is 19.9 Å². The molecule has 1 N–H and O–H groups in total. The monoisotopic (exact) mass is 502 g/mol. The fraction of sp³-hybridized carbons (Fsp3) is 0.667. The van der Waals surface area contributed by atoms with Gasteiger partial charge in [0.1, 0.15) is 18.3 Å². The molecule has 0 radical (unpaired) electrons. The van der Waals surface area contributed by atoms with Gasteiger partial charge in [-0.05, 0) is 32.1 Å². The lowest BCUT2D eigenvalue weighted by atomic mass is 9.51. The molecule has 9 heteroatoms. The molecule has 0 unspecified atom stereocenters. The number of carbonyl (C=O) groups is 3. The van der Waals surface area contributed by atoms with E-state index in [4.69, 9.17) is 23.7 Å². The topological polar surface area (TPSA) is 121 Å². The van der Waals surface area contributed by atoms with Gasteiger partial charge in [0, 0.05) is 24.0 Å². The highest BCUT2D eigenvalue weighted by Crippen LogP contribution is 2.72. The van der Waals surface area contributed by atoms with Crippen LogP contribution >= 0.6 is 0 Å². The van der Waals surface area contributed by atoms with E-state index in [9.17, 15) is 19.5 Å². The van der Waals surface area contributed by atoms with Crippen molar-refractivity contribution in [3.05, 3.63) is 36.0 Å². The zero-order chi connectivity index (χ0) is 25.7. The van der Waals surface area contributed by atoms with E-state index >= 15 is 0 Å². The number of hydrogen-bond donors (Lipinski definition) is 1. The molecule has 0 aromatic carbocycles. The van der Waals surface area contributed by atoms with Gasteiger partial charge in [-0.2, -0.15) is 0 Å². The van der Waals surface area contributed by atoms with Gasteiger partial charge < -0.3 is 28.8 Å². The lowest BCUT2D eigenvalue weighted by Gasteiger charge is -2.58. The molecule has 8 atom stereocenters. The molecule has 1 saturated carbocycles. The summed E-state index contributed by atoms with van der Waals surface area (Å²) in [6, 6.07) is 0. The average Bonchev–Trinajstić information content (AvgIpc) is 3.62. The highest BCUT2D eigenvalue weighted by molar-refractivity contribution is 5.84. The second-order valence-corrected chi connectivity index (χ2v) is 11.0. The second-order valence-electron chi connectivity index (χ2n) is 11.0. The van der Waals surface area contributed by atoms with Crippen molar-refractivity contribution in [2.75, 3.05) is 19.8 Å². The van der Waals surface area contributed by atoms with Gasteiger partial charge in [-0.25, -0.2) is 14.4 Å². The van der Waals surface area contributed by atoms with Crippen LogP contribution in [-0.4, -0.2) is 72.9 Å². The van der Waals surface area contributed by atoms with E-state index in [-0.39, 0.29) is 31.8 Å². The van der Waals surface area contributed by atoms with E-state index in [0.717, 1.165) is 6.42 Å². The van der Waals surface area contributed by atoms with Crippen LogP contribution in [0.3, 0.4) is 0 Å². The molecule has 2 saturated heterocycles. The first-order valence-electron chi connectivity index (χ1n) is 12.7. The fourth-order valence-electron chi connectivity index (χ4n) is 6.65. The Labute approximate surface area is 210 Å². The Hall–Kier alpha value is -2.49. The van der Waals surface area contributed by atoms with Crippen molar-refractivity contribution >= 4 is 17.9 Å². The number of epoxide rings is 1. The van der Waals surface area contributed by atoms with Crippen molar-refractivity contribution in [3.8, 4) is 0 Å². The van der Waals surface area contributed by atoms with Crippen molar-refractivity contribution in [1.82, 2.24) is 0 Å². The van der Waals surface area contributed by atoms with Crippen LogP contribution in [-0.2, 0) is 38.1 Å². The number of carbonyl (C=O) groups excluding carboxylic acids is 3. The van der Waals surface area contributed by atoms with Gasteiger partial charge in [0.2, 0.25) is 0 Å². The van der Waals surface area contributed by atoms with Gasteiger partial charge in [0.05, 0.1) is 30.8 Å². The quantitative estimate of drug-likeness (QED) is 0.230. The summed E-state index contributed by atoms with van der Waals surface area (Å²) in [5.74, 6) is -2.34. The highest BCUT2D eigenvalue weighted by Gasteiger charge is 2.83. The van der Waals surface area contributed by atoms with Crippen LogP contribution in [0.15, 0.2) is 36.0 Å². The van der Waals surface area contributed by atoms with E-state index in [1.807, 2.05) is 0 Å². The Kier molecular flexibility index (Phi) is 6.37. The average molecular weight is 503 g/mol. The van der Waals surface area contributed by atoms with Crippen LogP contribution in [0, 0.1) is 16.7 Å². The summed E-state index contributed by atoms with van der Waals surface area (Å²) < 4.78 is 29.6. The predicted octanol–water partition coefficient (Wildman–Crippen LogP) is 2.17. The van der Waals surface area contributed by atoms with Gasteiger partial charge in [0.25, 0.3) is 0 Å². The standard InChI is InChI=1S/C27H34O9/c1-16-8-10-26-14-33-24(31)23(30)17(2)9-11-32-21(28)6-4-5-7-22(29)36-18-13-20(35-19(26)12-16)27(15-34-27)25(18,26)3/h4-7,12,17-20,23,30H,8-11,13-15H2,1-3H3/b6-4+,7-5-/t17-,18-,19-,20-,23-,25-,26+,27-/m0/s1. The van der Waals surface area contributed by atoms with Crippen LogP contribution in [0.2, 0.25) is 0 Å². The Morgan fingerprint density at radius 1 is 1.03 bits per heavy atom. The lowest BCUT2D eigenvalue weighted by molar-refractivity contribution is -0.234. The molecule has 3 heterocycles. The Morgan fingerprint density at radius 3 is 2.47 bits per heavy atom. The highest BCUT2D eigenvalue weighted by atomic mass is 16.6. The van der Waals surface area contributed by atoms with E-state index in [1.54, 1.807) is 6.92 Å². The number of rotatable bonds is 0. The number of hydrogen-bond acceptors (Lipinski definition) is 9. The molecule has 9 nitrogen and oxygen atoms in total. The molecule has 5 rings (SSSR count). The molecule has 0 aromatic rings. The van der Waals surface area contributed by atoms with Crippen LogP contribution < -0.4 is 0 Å². The summed E-state index contributed by atoms with van der Waals surface area (Å²) >= 11 is 0. The maximum atomic E-state index is 12.9. The molecule has 3 aliphatic heterocycles. The third-order valence-electron chi connectivity index (χ3n) is 9.12. The zero-order valence-corrected chi connectivity index (χ0v) is 20.9. The molecule has 2 spiro atoms. The first-order valence-corrected chi connectivity index (χ1v) is 12.7. The maximum absolute atomic E-state index is 12.9. The van der Waals surface area contributed by atoms with Crippen LogP contribution in [0.5, 0.6) is 0 Å². The minimum absolute atomic E-state index is 0.00000344. The number of aliphatic hydroxyl groups excluding tert-OH is 1. The largest absolute Gasteiger partial charge is 0.463 e. The van der Waals surface area contributed by atoms with Gasteiger partial charge in [0.15, 0.2) is 6.10 Å². The van der Waals surface area contributed by atoms with E-state index < -0.39 is 52.5 Å². The summed E-state index contributed by atoms with van der Waals surface area (Å²) in [5.41, 5.74) is -0.820. The van der Waals surface area contributed by atoms with Gasteiger partial charge in [-0.3, -0.25) is 0 Å². The Balaban J connectivity index is 1.52. The van der Waals surface area contributed by atoms with Crippen molar-refractivity contribution in [3.63, 3.8) is 0 Å². The molecular weight excluding hydrogens is 468 g/mol. The Bertz CT molecular complexity index is 1020. The molecule has 2 bridgehead atoms. The molecule has 0 amide bonds. The van der Waals surface area contributed by atoms with Crippen molar-refractivity contribution in [2.45, 2.75) is 76.5 Å². The van der Waals surface area contributed by atoms with Crippen LogP contribution in [0.1, 0.15) is 46.5 Å². The number of esters is 3. The SMILES string of the molecule is CC1=C[C@@H]2O[C@H]3C[C@@H]4OC(=O)/C=C\C=C\C(=O)OCC[C@H](C)[C@H](O)C(=O)OC[C@@]2(CC1)[C@@]4(C)[C@]31CO1. The van der Waals surface area contributed by atoms with Gasteiger partial charge >= 0.3 is 17.9 Å². The van der Waals surface area contributed by atoms with E-state index in [1.165, 1.54) is 29.9 Å². The summed E-state index contributed by atoms with van der Waals surface area (Å²) in [6.45, 7) is 6.34. The summed E-state index contributed by atoms with van der Waals surface area (Å²) in [7, 11) is 0. The molecule has 5 aliphatic rings. The molecule has 2 aliphatic carbocycles. The minimum Gasteiger partial charge on any atom is -0.463 e. The number of aliphatic hydroxyl groups is 1. The van der Waals surface area contributed by atoms with Crippen molar-refractivity contribution in [2.24, 2.45) is 16.7 Å². The van der Waals surface area contributed by atoms with Crippen molar-refractivity contribution in [1.29, 1.82) is 0 Å². The zero-order valence-electron chi connectivity index (χ0n) is 20.9. The first-order chi connectivity index (χ1) is 17.1. The maximum Gasteiger partial charge on any atom is 0.335 e. The van der Waals surface area contributed by atoms with E-state index in [0.29, 0.717) is 19.4 Å². The van der Waals surface area contributed by atoms with Crippen molar-refractivity contribution < 1.29 is 43.2 Å². The summed E-state index contributed by atoms with van der Waals surface area (Å²) in [5, 5.41) is 10.6. The molecule has 196 valence electrons. The van der Waals surface area contributed by atoms with Gasteiger partial charge in [-0.1, -0.05) is 37.6 Å². The molecule has 3 fully saturated rings. The third kappa shape index (κ3) is 3.83. The third-order valence-corrected chi connectivity index (χ3v) is 9.12. The molecule has 36 heavy (non-hydrogen) atoms. The predicted molar refractivity (Wildman–Crippen MR) is 125 cm³/mol. The minimum atomic E-state index is -1.37. The van der Waals surface area contributed by atoms with Crippen LogP contribution in [0.25, 0.3) is 0 Å². The Morgan fingerprint density at radius 2 is 1.75 bits per heavy atom. The van der Waals surface area contributed by atoms with Crippen LogP contribution in [0.4, 0.5) is 0 Å². The number of ether oxygens (including phenoxy) is 5. The number of cyclic esters (lactones) is 2. The second kappa shape index (κ2) is 9.11. The molecular formula is C27H34O9. The smallest absolute Gasteiger partial charge is 0.335 e. The summed E-state index contributed by atoms with van der Waals surface area (Å²) in [6.07, 6.45) is 7.11. The first kappa shape index (κ1) is 25.2. The lowest BCUT2D eigenvalue weighted by Crippen LogP contribution is -2.66. The summed E-state index contributed by atoms with van der Waals surface area (Å²) in [4.78, 5) is 37.6. The normalized spacial score (nSPS) is 46.8. The fourth-order valence-corrected chi connectivity index (χ4v) is 6.65. The molecule has 0 aromatic heterocycles.